The Morgan fingerprint density at radius 1 is 1.50 bits per heavy atom. The van der Waals surface area contributed by atoms with Gasteiger partial charge >= 0.3 is 6.03 Å². The number of nitrogens with one attached hydrogen (secondary N) is 2. The van der Waals surface area contributed by atoms with Crippen LogP contribution < -0.4 is 15.0 Å². The molecule has 1 aromatic carbocycles. The van der Waals surface area contributed by atoms with Crippen molar-refractivity contribution in [3.8, 4) is 5.75 Å². The van der Waals surface area contributed by atoms with Crippen molar-refractivity contribution in [3.05, 3.63) is 24.3 Å². The van der Waals surface area contributed by atoms with E-state index in [0.717, 1.165) is 0 Å². The molecule has 1 atom stereocenters. The molecule has 0 saturated carbocycles. The molecule has 3 N–H and O–H groups in total. The van der Waals surface area contributed by atoms with E-state index in [4.69, 9.17) is 15.3 Å². The van der Waals surface area contributed by atoms with E-state index in [1.54, 1.807) is 25.1 Å². The zero-order chi connectivity index (χ0) is 14.8. The Balaban J connectivity index is 2.42. The molecule has 0 aromatic heterocycles. The van der Waals surface area contributed by atoms with E-state index in [0.29, 0.717) is 17.9 Å². The number of benzene rings is 1. The fourth-order valence-corrected chi connectivity index (χ4v) is 2.07. The van der Waals surface area contributed by atoms with Gasteiger partial charge in [0, 0.05) is 6.54 Å². The molecule has 0 aliphatic carbocycles. The summed E-state index contributed by atoms with van der Waals surface area (Å²) in [4.78, 5) is 13.5. The number of rotatable bonds is 3. The van der Waals surface area contributed by atoms with Crippen LogP contribution in [0.5, 0.6) is 5.75 Å². The zero-order valence-electron chi connectivity index (χ0n) is 11.6. The Labute approximate surface area is 117 Å². The molecule has 0 radical (unpaired) electrons. The van der Waals surface area contributed by atoms with E-state index in [2.05, 4.69) is 5.32 Å². The van der Waals surface area contributed by atoms with Crippen LogP contribution in [0.25, 0.3) is 0 Å². The summed E-state index contributed by atoms with van der Waals surface area (Å²) >= 11 is 0. The minimum Gasteiger partial charge on any atom is -0.477 e. The van der Waals surface area contributed by atoms with Crippen LogP contribution in [0.3, 0.4) is 0 Å². The average Bonchev–Trinajstić information content (AvgIpc) is 2.46. The van der Waals surface area contributed by atoms with E-state index < -0.39 is 11.6 Å². The third-order valence-corrected chi connectivity index (χ3v) is 3.43. The lowest BCUT2D eigenvalue weighted by molar-refractivity contribution is 0.147. The molecule has 0 fully saturated rings. The number of amides is 2. The number of amidine groups is 1. The smallest absolute Gasteiger partial charge is 0.327 e. The lowest BCUT2D eigenvalue weighted by Gasteiger charge is -2.41. The highest BCUT2D eigenvalue weighted by Crippen LogP contribution is 2.38. The summed E-state index contributed by atoms with van der Waals surface area (Å²) in [5, 5.41) is 19.7. The number of aliphatic hydroxyl groups is 1. The van der Waals surface area contributed by atoms with Gasteiger partial charge in [0.25, 0.3) is 0 Å². The molecular weight excluding hydrogens is 258 g/mol. The Morgan fingerprint density at radius 3 is 2.85 bits per heavy atom. The second kappa shape index (κ2) is 5.50. The van der Waals surface area contributed by atoms with E-state index in [1.807, 2.05) is 13.0 Å². The van der Waals surface area contributed by atoms with Crippen LogP contribution in [-0.4, -0.2) is 35.7 Å². The molecule has 2 amide bonds. The molecule has 0 bridgehead atoms. The van der Waals surface area contributed by atoms with Crippen LogP contribution in [0.2, 0.25) is 0 Å². The van der Waals surface area contributed by atoms with E-state index in [-0.39, 0.29) is 19.0 Å². The average molecular weight is 277 g/mol. The maximum atomic E-state index is 12.2. The number of fused-ring (bicyclic) bond motifs is 1. The fourth-order valence-electron chi connectivity index (χ4n) is 2.07. The summed E-state index contributed by atoms with van der Waals surface area (Å²) in [7, 11) is 0. The predicted molar refractivity (Wildman–Crippen MR) is 76.5 cm³/mol. The highest BCUT2D eigenvalue weighted by atomic mass is 16.5. The third-order valence-electron chi connectivity index (χ3n) is 3.43. The van der Waals surface area contributed by atoms with Gasteiger partial charge in [-0.2, -0.15) is 0 Å². The first-order valence-corrected chi connectivity index (χ1v) is 6.59. The van der Waals surface area contributed by atoms with E-state index >= 15 is 0 Å². The highest BCUT2D eigenvalue weighted by Gasteiger charge is 2.42. The predicted octanol–water partition coefficient (Wildman–Crippen LogP) is 1.73. The maximum Gasteiger partial charge on any atom is 0.327 e. The summed E-state index contributed by atoms with van der Waals surface area (Å²) in [6.07, 6.45) is 0.573. The molecule has 1 heterocycles. The molecule has 1 aliphatic heterocycles. The van der Waals surface area contributed by atoms with E-state index in [1.165, 1.54) is 4.90 Å². The van der Waals surface area contributed by atoms with Gasteiger partial charge in [0.15, 0.2) is 11.4 Å². The molecule has 20 heavy (non-hydrogen) atoms. The topological polar surface area (TPSA) is 85.7 Å². The van der Waals surface area contributed by atoms with Crippen molar-refractivity contribution >= 4 is 17.6 Å². The first-order chi connectivity index (χ1) is 9.53. The lowest BCUT2D eigenvalue weighted by atomic mass is 9.98. The fraction of sp³-hybridized carbons (Fsp3) is 0.429. The number of nitrogens with zero attached hydrogens (tertiary/aromatic N) is 1. The number of ether oxygens (including phenoxy) is 1. The van der Waals surface area contributed by atoms with Gasteiger partial charge in [0.05, 0.1) is 12.3 Å². The Bertz CT molecular complexity index is 532. The Morgan fingerprint density at radius 2 is 2.20 bits per heavy atom. The van der Waals surface area contributed by atoms with Gasteiger partial charge in [-0.25, -0.2) is 9.69 Å². The Hall–Kier alpha value is -2.08. The van der Waals surface area contributed by atoms with Crippen LogP contribution in [0, 0.1) is 5.41 Å². The molecule has 0 saturated heterocycles. The molecule has 108 valence electrons. The summed E-state index contributed by atoms with van der Waals surface area (Å²) < 4.78 is 5.87. The normalized spacial score (nSPS) is 21.1. The van der Waals surface area contributed by atoms with Crippen molar-refractivity contribution in [3.63, 3.8) is 0 Å². The number of hydrogen-bond acceptors (Lipinski definition) is 4. The zero-order valence-corrected chi connectivity index (χ0v) is 11.6. The van der Waals surface area contributed by atoms with Crippen molar-refractivity contribution in [2.45, 2.75) is 25.9 Å². The number of aliphatic hydroxyl groups excluding tert-OH is 1. The monoisotopic (exact) mass is 277 g/mol. The largest absolute Gasteiger partial charge is 0.477 e. The quantitative estimate of drug-likeness (QED) is 0.786. The van der Waals surface area contributed by atoms with Gasteiger partial charge in [-0.05, 0) is 25.5 Å². The molecule has 1 unspecified atom stereocenters. The van der Waals surface area contributed by atoms with Gasteiger partial charge in [0.1, 0.15) is 5.75 Å². The summed E-state index contributed by atoms with van der Waals surface area (Å²) in [5.74, 6) is 0.668. The van der Waals surface area contributed by atoms with Crippen LogP contribution in [-0.2, 0) is 0 Å². The number of carbonyl (C=O) groups is 1. The molecular formula is C14H19N3O3. The van der Waals surface area contributed by atoms with Gasteiger partial charge in [-0.1, -0.05) is 19.1 Å². The first kappa shape index (κ1) is 14.3. The van der Waals surface area contributed by atoms with Crippen LogP contribution in [0.1, 0.15) is 20.3 Å². The number of hydrogen-bond donors (Lipinski definition) is 3. The van der Waals surface area contributed by atoms with Crippen LogP contribution in [0.4, 0.5) is 10.5 Å². The number of anilines is 1. The summed E-state index contributed by atoms with van der Waals surface area (Å²) in [5.41, 5.74) is -0.302. The number of para-hydroxylation sites is 2. The van der Waals surface area contributed by atoms with E-state index in [9.17, 15) is 4.79 Å². The SMILES string of the molecule is CCC1(C)Oc2ccccc2N(C(=O)NCCO)C1=N. The molecule has 1 aromatic rings. The highest BCUT2D eigenvalue weighted by molar-refractivity contribution is 6.20. The minimum absolute atomic E-state index is 0.0918. The van der Waals surface area contributed by atoms with Gasteiger partial charge in [-0.15, -0.1) is 0 Å². The molecule has 0 spiro atoms. The van der Waals surface area contributed by atoms with Crippen molar-refractivity contribution in [1.82, 2.24) is 5.32 Å². The van der Waals surface area contributed by atoms with Crippen molar-refractivity contribution in [1.29, 1.82) is 5.41 Å². The van der Waals surface area contributed by atoms with Gasteiger partial charge in [0.2, 0.25) is 0 Å². The third kappa shape index (κ3) is 2.34. The maximum absolute atomic E-state index is 12.2. The number of urea groups is 1. The van der Waals surface area contributed by atoms with Crippen LogP contribution >= 0.6 is 0 Å². The van der Waals surface area contributed by atoms with Crippen molar-refractivity contribution in [2.75, 3.05) is 18.1 Å². The molecule has 6 nitrogen and oxygen atoms in total. The van der Waals surface area contributed by atoms with Crippen molar-refractivity contribution < 1.29 is 14.6 Å². The lowest BCUT2D eigenvalue weighted by Crippen LogP contribution is -2.58. The summed E-state index contributed by atoms with van der Waals surface area (Å²) in [6, 6.07) is 6.70. The second-order valence-electron chi connectivity index (χ2n) is 4.79. The standard InChI is InChI=1S/C14H19N3O3/c1-3-14(2)12(15)17(13(19)16-8-9-18)10-6-4-5-7-11(10)20-14/h4-7,15,18H,3,8-9H2,1-2H3,(H,16,19). The first-order valence-electron chi connectivity index (χ1n) is 6.59. The molecule has 1 aliphatic rings. The minimum atomic E-state index is -0.842. The second-order valence-corrected chi connectivity index (χ2v) is 4.79. The van der Waals surface area contributed by atoms with Crippen molar-refractivity contribution in [2.24, 2.45) is 0 Å². The van der Waals surface area contributed by atoms with Gasteiger partial charge < -0.3 is 15.2 Å². The molecule has 2 rings (SSSR count). The molecule has 6 heteroatoms. The number of carbonyl (C=O) groups excluding carboxylic acids is 1. The van der Waals surface area contributed by atoms with Gasteiger partial charge in [-0.3, -0.25) is 5.41 Å². The van der Waals surface area contributed by atoms with Crippen LogP contribution in [0.15, 0.2) is 24.3 Å². The Kier molecular flexibility index (Phi) is 3.94. The summed E-state index contributed by atoms with van der Waals surface area (Å²) in [6.45, 7) is 3.70.